The highest BCUT2D eigenvalue weighted by Gasteiger charge is 2.10. The van der Waals surface area contributed by atoms with E-state index < -0.39 is 17.5 Å². The highest BCUT2D eigenvalue weighted by molar-refractivity contribution is 6.30. The Labute approximate surface area is 132 Å². The highest BCUT2D eigenvalue weighted by Crippen LogP contribution is 2.17. The molecule has 3 nitrogen and oxygen atoms in total. The summed E-state index contributed by atoms with van der Waals surface area (Å²) < 4.78 is 26.2. The van der Waals surface area contributed by atoms with E-state index in [4.69, 9.17) is 11.6 Å². The molecule has 22 heavy (non-hydrogen) atoms. The number of anilines is 1. The van der Waals surface area contributed by atoms with Crippen LogP contribution in [0.3, 0.4) is 0 Å². The molecule has 2 N–H and O–H groups in total. The van der Waals surface area contributed by atoms with Crippen LogP contribution in [0.15, 0.2) is 42.5 Å². The number of nitrogens with one attached hydrogen (secondary N) is 2. The number of hydrogen-bond acceptors (Lipinski definition) is 2. The topological polar surface area (TPSA) is 41.1 Å². The average molecular weight is 325 g/mol. The fourth-order valence-corrected chi connectivity index (χ4v) is 2.12. The zero-order valence-electron chi connectivity index (χ0n) is 11.9. The van der Waals surface area contributed by atoms with Crippen molar-refractivity contribution in [1.29, 1.82) is 0 Å². The molecule has 2 aromatic rings. The summed E-state index contributed by atoms with van der Waals surface area (Å²) in [5.41, 5.74) is 0.886. The van der Waals surface area contributed by atoms with Gasteiger partial charge in [-0.2, -0.15) is 0 Å². The van der Waals surface area contributed by atoms with Gasteiger partial charge in [0.15, 0.2) is 0 Å². The normalized spacial score (nSPS) is 12.0. The van der Waals surface area contributed by atoms with Gasteiger partial charge in [-0.05, 0) is 36.8 Å². The number of benzene rings is 2. The SMILES string of the molecule is C[C@@H](NCC(=O)Nc1ccc(F)cc1F)c1cccc(Cl)c1. The molecule has 0 radical (unpaired) electrons. The maximum absolute atomic E-state index is 13.4. The molecule has 0 aliphatic rings. The van der Waals surface area contributed by atoms with Gasteiger partial charge in [-0.1, -0.05) is 23.7 Å². The van der Waals surface area contributed by atoms with Crippen molar-refractivity contribution < 1.29 is 13.6 Å². The second-order valence-electron chi connectivity index (χ2n) is 4.83. The number of hydrogen-bond donors (Lipinski definition) is 2. The van der Waals surface area contributed by atoms with Gasteiger partial charge in [-0.15, -0.1) is 0 Å². The first-order valence-corrected chi connectivity index (χ1v) is 7.07. The molecule has 1 atom stereocenters. The van der Waals surface area contributed by atoms with Gasteiger partial charge in [0.05, 0.1) is 12.2 Å². The average Bonchev–Trinajstić information content (AvgIpc) is 2.47. The van der Waals surface area contributed by atoms with Gasteiger partial charge in [0.2, 0.25) is 5.91 Å². The fourth-order valence-electron chi connectivity index (χ4n) is 1.92. The van der Waals surface area contributed by atoms with Crippen molar-refractivity contribution >= 4 is 23.2 Å². The summed E-state index contributed by atoms with van der Waals surface area (Å²) in [5.74, 6) is -1.92. The molecule has 116 valence electrons. The third-order valence-electron chi connectivity index (χ3n) is 3.12. The van der Waals surface area contributed by atoms with E-state index in [1.165, 1.54) is 6.07 Å². The van der Waals surface area contributed by atoms with Gasteiger partial charge in [0, 0.05) is 17.1 Å². The Morgan fingerprint density at radius 2 is 2.00 bits per heavy atom. The molecular weight excluding hydrogens is 310 g/mol. The maximum Gasteiger partial charge on any atom is 0.238 e. The highest BCUT2D eigenvalue weighted by atomic mass is 35.5. The molecule has 1 amide bonds. The lowest BCUT2D eigenvalue weighted by atomic mass is 10.1. The van der Waals surface area contributed by atoms with Crippen LogP contribution in [-0.4, -0.2) is 12.5 Å². The monoisotopic (exact) mass is 324 g/mol. The van der Waals surface area contributed by atoms with Gasteiger partial charge in [0.25, 0.3) is 0 Å². The van der Waals surface area contributed by atoms with Crippen LogP contribution in [0.1, 0.15) is 18.5 Å². The smallest absolute Gasteiger partial charge is 0.238 e. The van der Waals surface area contributed by atoms with Crippen molar-refractivity contribution in [3.8, 4) is 0 Å². The van der Waals surface area contributed by atoms with E-state index in [2.05, 4.69) is 10.6 Å². The van der Waals surface area contributed by atoms with Crippen LogP contribution < -0.4 is 10.6 Å². The molecule has 0 spiro atoms. The first kappa shape index (κ1) is 16.4. The summed E-state index contributed by atoms with van der Waals surface area (Å²) in [4.78, 5) is 11.8. The minimum atomic E-state index is -0.809. The van der Waals surface area contributed by atoms with E-state index in [0.717, 1.165) is 17.7 Å². The summed E-state index contributed by atoms with van der Waals surface area (Å²) >= 11 is 5.91. The lowest BCUT2D eigenvalue weighted by Gasteiger charge is -2.14. The Bertz CT molecular complexity index is 679. The van der Waals surface area contributed by atoms with Gasteiger partial charge < -0.3 is 10.6 Å². The van der Waals surface area contributed by atoms with Crippen molar-refractivity contribution in [1.82, 2.24) is 5.32 Å². The van der Waals surface area contributed by atoms with E-state index in [1.54, 1.807) is 12.1 Å². The van der Waals surface area contributed by atoms with Crippen LogP contribution >= 0.6 is 11.6 Å². The van der Waals surface area contributed by atoms with E-state index in [9.17, 15) is 13.6 Å². The molecule has 0 heterocycles. The van der Waals surface area contributed by atoms with E-state index >= 15 is 0 Å². The van der Waals surface area contributed by atoms with Crippen LogP contribution in [0.2, 0.25) is 5.02 Å². The largest absolute Gasteiger partial charge is 0.322 e. The van der Waals surface area contributed by atoms with Crippen LogP contribution in [0.5, 0.6) is 0 Å². The van der Waals surface area contributed by atoms with Gasteiger partial charge in [-0.3, -0.25) is 4.79 Å². The molecule has 0 unspecified atom stereocenters. The molecule has 0 aromatic heterocycles. The van der Waals surface area contributed by atoms with Crippen LogP contribution in [0, 0.1) is 11.6 Å². The first-order valence-electron chi connectivity index (χ1n) is 6.69. The molecule has 0 aliphatic carbocycles. The molecule has 0 aliphatic heterocycles. The third-order valence-corrected chi connectivity index (χ3v) is 3.36. The molecule has 0 fully saturated rings. The summed E-state index contributed by atoms with van der Waals surface area (Å²) in [6.45, 7) is 1.88. The summed E-state index contributed by atoms with van der Waals surface area (Å²) in [7, 11) is 0. The Balaban J connectivity index is 1.90. The van der Waals surface area contributed by atoms with Crippen molar-refractivity contribution in [3.63, 3.8) is 0 Å². The quantitative estimate of drug-likeness (QED) is 0.875. The summed E-state index contributed by atoms with van der Waals surface area (Å²) in [5, 5.41) is 6.01. The van der Waals surface area contributed by atoms with E-state index in [-0.39, 0.29) is 18.3 Å². The number of carbonyl (C=O) groups is 1. The maximum atomic E-state index is 13.4. The molecule has 2 aromatic carbocycles. The molecule has 0 bridgehead atoms. The van der Waals surface area contributed by atoms with Gasteiger partial charge in [-0.25, -0.2) is 8.78 Å². The molecule has 0 saturated carbocycles. The van der Waals surface area contributed by atoms with Crippen LogP contribution in [-0.2, 0) is 4.79 Å². The van der Waals surface area contributed by atoms with Crippen molar-refractivity contribution in [2.75, 3.05) is 11.9 Å². The first-order chi connectivity index (χ1) is 10.5. The van der Waals surface area contributed by atoms with E-state index in [0.29, 0.717) is 5.02 Å². The predicted molar refractivity (Wildman–Crippen MR) is 82.9 cm³/mol. The van der Waals surface area contributed by atoms with Crippen LogP contribution in [0.25, 0.3) is 0 Å². The molecule has 2 rings (SSSR count). The molecule has 6 heteroatoms. The van der Waals surface area contributed by atoms with Gasteiger partial charge in [0.1, 0.15) is 11.6 Å². The Hall–Kier alpha value is -1.98. The minimum Gasteiger partial charge on any atom is -0.322 e. The third kappa shape index (κ3) is 4.51. The summed E-state index contributed by atoms with van der Waals surface area (Å²) in [6, 6.07) is 10.2. The predicted octanol–water partition coefficient (Wildman–Crippen LogP) is 3.91. The van der Waals surface area contributed by atoms with Crippen molar-refractivity contribution in [2.24, 2.45) is 0 Å². The Kier molecular flexibility index (Phi) is 5.46. The summed E-state index contributed by atoms with van der Waals surface area (Å²) in [6.07, 6.45) is 0. The molecule has 0 saturated heterocycles. The Morgan fingerprint density at radius 1 is 1.23 bits per heavy atom. The second-order valence-corrected chi connectivity index (χ2v) is 5.27. The number of halogens is 3. The lowest BCUT2D eigenvalue weighted by molar-refractivity contribution is -0.115. The molecular formula is C16H15ClF2N2O. The van der Waals surface area contributed by atoms with Crippen LogP contribution in [0.4, 0.5) is 14.5 Å². The number of amides is 1. The van der Waals surface area contributed by atoms with Crippen molar-refractivity contribution in [3.05, 3.63) is 64.7 Å². The Morgan fingerprint density at radius 3 is 2.68 bits per heavy atom. The van der Waals surface area contributed by atoms with E-state index in [1.807, 2.05) is 19.1 Å². The number of carbonyl (C=O) groups excluding carboxylic acids is 1. The second kappa shape index (κ2) is 7.33. The van der Waals surface area contributed by atoms with Crippen molar-refractivity contribution in [2.45, 2.75) is 13.0 Å². The minimum absolute atomic E-state index is 0.00943. The standard InChI is InChI=1S/C16H15ClF2N2O/c1-10(11-3-2-4-12(17)7-11)20-9-16(22)21-15-6-5-13(18)8-14(15)19/h2-8,10,20H,9H2,1H3,(H,21,22)/t10-/m1/s1. The van der Waals surface area contributed by atoms with Gasteiger partial charge >= 0.3 is 0 Å². The lowest BCUT2D eigenvalue weighted by Crippen LogP contribution is -2.30. The number of rotatable bonds is 5. The zero-order valence-corrected chi connectivity index (χ0v) is 12.6. The fraction of sp³-hybridized carbons (Fsp3) is 0.188. The zero-order chi connectivity index (χ0) is 16.1.